The van der Waals surface area contributed by atoms with E-state index in [0.717, 1.165) is 0 Å². The maximum absolute atomic E-state index is 11.7. The minimum Gasteiger partial charge on any atom is -0.445 e. The van der Waals surface area contributed by atoms with Crippen molar-refractivity contribution in [1.82, 2.24) is 0 Å². The van der Waals surface area contributed by atoms with Crippen LogP contribution in [0.5, 0.6) is 0 Å². The van der Waals surface area contributed by atoms with Gasteiger partial charge in [-0.2, -0.15) is 13.2 Å². The van der Waals surface area contributed by atoms with Gasteiger partial charge in [-0.15, -0.1) is 0 Å². The minimum atomic E-state index is -5.08. The van der Waals surface area contributed by atoms with E-state index < -0.39 is 24.2 Å². The third-order valence-corrected chi connectivity index (χ3v) is 1.80. The Bertz CT molecular complexity index is 259. The zero-order valence-corrected chi connectivity index (χ0v) is 7.00. The van der Waals surface area contributed by atoms with Gasteiger partial charge in [0.25, 0.3) is 5.91 Å². The summed E-state index contributed by atoms with van der Waals surface area (Å²) in [6, 6.07) is 0. The molecule has 1 amide bonds. The number of rotatable bonds is 3. The lowest BCUT2D eigenvalue weighted by Crippen LogP contribution is -2.39. The molecule has 80 valence electrons. The second-order valence-corrected chi connectivity index (χ2v) is 3.06. The van der Waals surface area contributed by atoms with Crippen LogP contribution in [-0.2, 0) is 14.3 Å². The van der Waals surface area contributed by atoms with Gasteiger partial charge in [0.2, 0.25) is 0 Å². The molecule has 2 N–H and O–H groups in total. The molecule has 0 spiro atoms. The lowest BCUT2D eigenvalue weighted by Gasteiger charge is -2.14. The van der Waals surface area contributed by atoms with Gasteiger partial charge in [-0.3, -0.25) is 4.79 Å². The van der Waals surface area contributed by atoms with E-state index in [0.29, 0.717) is 12.8 Å². The smallest absolute Gasteiger partial charge is 0.445 e. The SMILES string of the molecule is NC(=O)C(OC(=O)C(F)(F)F)C1CC1. The number of hydrogen-bond donors (Lipinski definition) is 1. The Balaban J connectivity index is 2.56. The molecule has 1 saturated carbocycles. The number of carbonyl (C=O) groups is 2. The molecular formula is C7H8F3NO3. The first kappa shape index (κ1) is 10.8. The van der Waals surface area contributed by atoms with Gasteiger partial charge in [-0.1, -0.05) is 0 Å². The molecule has 1 unspecified atom stereocenters. The van der Waals surface area contributed by atoms with Crippen molar-refractivity contribution in [2.75, 3.05) is 0 Å². The number of hydrogen-bond acceptors (Lipinski definition) is 3. The summed E-state index contributed by atoms with van der Waals surface area (Å²) >= 11 is 0. The highest BCUT2D eigenvalue weighted by Gasteiger charge is 2.46. The van der Waals surface area contributed by atoms with Crippen molar-refractivity contribution in [2.45, 2.75) is 25.1 Å². The van der Waals surface area contributed by atoms with E-state index in [9.17, 15) is 22.8 Å². The first-order valence-electron chi connectivity index (χ1n) is 3.89. The molecule has 0 aromatic rings. The molecule has 0 radical (unpaired) electrons. The summed E-state index contributed by atoms with van der Waals surface area (Å²) < 4.78 is 39.2. The highest BCUT2D eigenvalue weighted by Crippen LogP contribution is 2.35. The van der Waals surface area contributed by atoms with Gasteiger partial charge in [0, 0.05) is 5.92 Å². The van der Waals surface area contributed by atoms with Gasteiger partial charge in [-0.05, 0) is 12.8 Å². The Hall–Kier alpha value is -1.27. The topological polar surface area (TPSA) is 69.4 Å². The third-order valence-electron chi connectivity index (χ3n) is 1.80. The fourth-order valence-electron chi connectivity index (χ4n) is 0.968. The van der Waals surface area contributed by atoms with E-state index in [2.05, 4.69) is 4.74 Å². The van der Waals surface area contributed by atoms with E-state index in [1.807, 2.05) is 0 Å². The van der Waals surface area contributed by atoms with Crippen molar-refractivity contribution in [1.29, 1.82) is 0 Å². The molecule has 0 saturated heterocycles. The van der Waals surface area contributed by atoms with E-state index in [1.165, 1.54) is 0 Å². The number of nitrogens with two attached hydrogens (primary N) is 1. The third kappa shape index (κ3) is 2.61. The van der Waals surface area contributed by atoms with Crippen molar-refractivity contribution >= 4 is 11.9 Å². The molecule has 0 aromatic heterocycles. The molecule has 4 nitrogen and oxygen atoms in total. The highest BCUT2D eigenvalue weighted by molar-refractivity contribution is 5.84. The van der Waals surface area contributed by atoms with Gasteiger partial charge in [0.1, 0.15) is 0 Å². The van der Waals surface area contributed by atoms with E-state index >= 15 is 0 Å². The first-order chi connectivity index (χ1) is 6.32. The summed E-state index contributed by atoms with van der Waals surface area (Å²) in [4.78, 5) is 21.0. The predicted octanol–water partition coefficient (Wildman–Crippen LogP) is 0.356. The van der Waals surface area contributed by atoms with Crippen LogP contribution in [0.15, 0.2) is 0 Å². The zero-order valence-electron chi connectivity index (χ0n) is 7.00. The number of alkyl halides is 3. The number of primary amides is 1. The van der Waals surface area contributed by atoms with Gasteiger partial charge in [0.05, 0.1) is 0 Å². The lowest BCUT2D eigenvalue weighted by atomic mass is 10.2. The maximum atomic E-state index is 11.7. The van der Waals surface area contributed by atoms with E-state index in [1.54, 1.807) is 0 Å². The summed E-state index contributed by atoms with van der Waals surface area (Å²) in [5.41, 5.74) is 4.79. The summed E-state index contributed by atoms with van der Waals surface area (Å²) in [5.74, 6) is -3.75. The molecule has 1 fully saturated rings. The lowest BCUT2D eigenvalue weighted by molar-refractivity contribution is -0.205. The Morgan fingerprint density at radius 1 is 1.36 bits per heavy atom. The molecular weight excluding hydrogens is 203 g/mol. The number of esters is 1. The normalized spacial score (nSPS) is 18.8. The van der Waals surface area contributed by atoms with Crippen LogP contribution < -0.4 is 5.73 Å². The molecule has 1 atom stereocenters. The summed E-state index contributed by atoms with van der Waals surface area (Å²) in [6.45, 7) is 0. The molecule has 0 aliphatic heterocycles. The Kier molecular flexibility index (Phi) is 2.68. The van der Waals surface area contributed by atoms with Crippen LogP contribution in [0.25, 0.3) is 0 Å². The van der Waals surface area contributed by atoms with Crippen molar-refractivity contribution < 1.29 is 27.5 Å². The average Bonchev–Trinajstić information content (AvgIpc) is 2.79. The molecule has 1 aliphatic carbocycles. The monoisotopic (exact) mass is 211 g/mol. The minimum absolute atomic E-state index is 0.348. The zero-order chi connectivity index (χ0) is 10.9. The van der Waals surface area contributed by atoms with Crippen molar-refractivity contribution in [2.24, 2.45) is 11.7 Å². The van der Waals surface area contributed by atoms with Crippen LogP contribution >= 0.6 is 0 Å². The number of amides is 1. The van der Waals surface area contributed by atoms with Crippen molar-refractivity contribution in [3.8, 4) is 0 Å². The summed E-state index contributed by atoms with van der Waals surface area (Å²) in [6.07, 6.45) is -5.41. The van der Waals surface area contributed by atoms with Crippen LogP contribution in [0.4, 0.5) is 13.2 Å². The number of halogens is 3. The molecule has 7 heteroatoms. The first-order valence-corrected chi connectivity index (χ1v) is 3.89. The number of carbonyl (C=O) groups excluding carboxylic acids is 2. The van der Waals surface area contributed by atoms with Crippen LogP contribution in [0, 0.1) is 5.92 Å². The molecule has 0 bridgehead atoms. The Labute approximate surface area is 77.2 Å². The number of ether oxygens (including phenoxy) is 1. The van der Waals surface area contributed by atoms with Gasteiger partial charge < -0.3 is 10.5 Å². The molecule has 1 rings (SSSR count). The quantitative estimate of drug-likeness (QED) is 0.685. The maximum Gasteiger partial charge on any atom is 0.490 e. The van der Waals surface area contributed by atoms with Crippen molar-refractivity contribution in [3.05, 3.63) is 0 Å². The highest BCUT2D eigenvalue weighted by atomic mass is 19.4. The average molecular weight is 211 g/mol. The molecule has 14 heavy (non-hydrogen) atoms. The van der Waals surface area contributed by atoms with E-state index in [4.69, 9.17) is 5.73 Å². The second kappa shape index (κ2) is 3.47. The summed E-state index contributed by atoms with van der Waals surface area (Å²) in [7, 11) is 0. The second-order valence-electron chi connectivity index (χ2n) is 3.06. The predicted molar refractivity (Wildman–Crippen MR) is 37.9 cm³/mol. The summed E-state index contributed by atoms with van der Waals surface area (Å²) in [5, 5.41) is 0. The fraction of sp³-hybridized carbons (Fsp3) is 0.714. The van der Waals surface area contributed by atoms with Crippen LogP contribution in [-0.4, -0.2) is 24.2 Å². The Morgan fingerprint density at radius 2 is 1.86 bits per heavy atom. The molecule has 0 aromatic carbocycles. The molecule has 0 heterocycles. The molecule has 1 aliphatic rings. The van der Waals surface area contributed by atoms with Crippen LogP contribution in [0.1, 0.15) is 12.8 Å². The van der Waals surface area contributed by atoms with Crippen LogP contribution in [0.3, 0.4) is 0 Å². The fourth-order valence-corrected chi connectivity index (χ4v) is 0.968. The van der Waals surface area contributed by atoms with Gasteiger partial charge in [-0.25, -0.2) is 4.79 Å². The van der Waals surface area contributed by atoms with Gasteiger partial charge >= 0.3 is 12.1 Å². The van der Waals surface area contributed by atoms with Crippen molar-refractivity contribution in [3.63, 3.8) is 0 Å². The largest absolute Gasteiger partial charge is 0.490 e. The van der Waals surface area contributed by atoms with Gasteiger partial charge in [0.15, 0.2) is 6.10 Å². The van der Waals surface area contributed by atoms with Crippen LogP contribution in [0.2, 0.25) is 0 Å². The standard InChI is InChI=1S/C7H8F3NO3/c8-7(9,10)6(13)14-4(5(11)12)3-1-2-3/h3-4H,1-2H2,(H2,11,12). The Morgan fingerprint density at radius 3 is 2.14 bits per heavy atom. The van der Waals surface area contributed by atoms with E-state index in [-0.39, 0.29) is 5.92 Å².